The monoisotopic (exact) mass is 544 g/mol. The predicted molar refractivity (Wildman–Crippen MR) is 142 cm³/mol. The number of primary amides is 1. The molecule has 0 radical (unpaired) electrons. The van der Waals surface area contributed by atoms with E-state index in [1.807, 2.05) is 0 Å². The minimum Gasteiger partial charge on any atom is -0.366 e. The molecule has 4 N–H and O–H groups in total. The average molecular weight is 545 g/mol. The molecule has 0 fully saturated rings. The summed E-state index contributed by atoms with van der Waals surface area (Å²) >= 11 is 0. The number of hydrogen-bond acceptors (Lipinski definition) is 4. The lowest BCUT2D eigenvalue weighted by atomic mass is 9.93. The van der Waals surface area contributed by atoms with Gasteiger partial charge >= 0.3 is 0 Å². The van der Waals surface area contributed by atoms with Crippen molar-refractivity contribution in [3.05, 3.63) is 119 Å². The summed E-state index contributed by atoms with van der Waals surface area (Å²) in [6, 6.07) is 16.0. The van der Waals surface area contributed by atoms with E-state index in [-0.39, 0.29) is 24.0 Å². The molecule has 5 rings (SSSR count). The number of benzene rings is 3. The molecule has 0 saturated carbocycles. The summed E-state index contributed by atoms with van der Waals surface area (Å²) in [5, 5.41) is 5.49. The number of pyridine rings is 1. The number of hydrogen-bond donors (Lipinski definition) is 3. The van der Waals surface area contributed by atoms with E-state index in [9.17, 15) is 27.6 Å². The van der Waals surface area contributed by atoms with Gasteiger partial charge in [-0.05, 0) is 71.6 Å². The molecule has 0 spiro atoms. The van der Waals surface area contributed by atoms with Crippen molar-refractivity contribution in [2.24, 2.45) is 5.73 Å². The first-order chi connectivity index (χ1) is 19.2. The Morgan fingerprint density at radius 2 is 1.73 bits per heavy atom. The Labute approximate surface area is 227 Å². The second-order valence-corrected chi connectivity index (χ2v) is 9.46. The molecule has 2 atom stereocenters. The SMILES string of the molecule is NC(=O)c1cccc(-c2cccnc2C(Cc2cc(F)cc(F)c2)NC(=O)C[C@@H]2C(=O)Nc3ccc(F)cc32)c1. The Morgan fingerprint density at radius 3 is 2.48 bits per heavy atom. The number of aromatic nitrogens is 1. The molecule has 2 heterocycles. The molecule has 202 valence electrons. The lowest BCUT2D eigenvalue weighted by molar-refractivity contribution is -0.125. The van der Waals surface area contributed by atoms with Gasteiger partial charge in [-0.15, -0.1) is 0 Å². The maximum Gasteiger partial charge on any atom is 0.248 e. The quantitative estimate of drug-likeness (QED) is 0.296. The van der Waals surface area contributed by atoms with Gasteiger partial charge < -0.3 is 16.4 Å². The van der Waals surface area contributed by atoms with Crippen molar-refractivity contribution in [2.75, 3.05) is 5.32 Å². The molecule has 3 amide bonds. The van der Waals surface area contributed by atoms with Crippen molar-refractivity contribution in [3.8, 4) is 11.1 Å². The molecule has 10 heteroatoms. The number of halogens is 3. The number of nitrogens with one attached hydrogen (secondary N) is 2. The normalized spacial score (nSPS) is 14.8. The van der Waals surface area contributed by atoms with Gasteiger partial charge in [0.1, 0.15) is 17.5 Å². The maximum absolute atomic E-state index is 14.0. The number of amides is 3. The van der Waals surface area contributed by atoms with Crippen molar-refractivity contribution in [1.29, 1.82) is 0 Å². The fourth-order valence-corrected chi connectivity index (χ4v) is 4.90. The Balaban J connectivity index is 1.50. The molecule has 0 aliphatic carbocycles. The van der Waals surface area contributed by atoms with Crippen molar-refractivity contribution in [3.63, 3.8) is 0 Å². The third kappa shape index (κ3) is 5.70. The van der Waals surface area contributed by atoms with Crippen molar-refractivity contribution < 1.29 is 27.6 Å². The summed E-state index contributed by atoms with van der Waals surface area (Å²) in [4.78, 5) is 42.1. The first-order valence-electron chi connectivity index (χ1n) is 12.4. The second kappa shape index (κ2) is 11.0. The average Bonchev–Trinajstić information content (AvgIpc) is 3.21. The molecule has 7 nitrogen and oxygen atoms in total. The first kappa shape index (κ1) is 26.6. The van der Waals surface area contributed by atoms with Crippen molar-refractivity contribution >= 4 is 23.4 Å². The van der Waals surface area contributed by atoms with Crippen LogP contribution < -0.4 is 16.4 Å². The van der Waals surface area contributed by atoms with Gasteiger partial charge in [0.25, 0.3) is 0 Å². The summed E-state index contributed by atoms with van der Waals surface area (Å²) in [7, 11) is 0. The van der Waals surface area contributed by atoms with E-state index in [0.717, 1.165) is 18.2 Å². The van der Waals surface area contributed by atoms with Gasteiger partial charge in [-0.2, -0.15) is 0 Å². The van der Waals surface area contributed by atoms with Gasteiger partial charge in [-0.25, -0.2) is 13.2 Å². The summed E-state index contributed by atoms with van der Waals surface area (Å²) < 4.78 is 42.0. The van der Waals surface area contributed by atoms with Crippen LogP contribution in [0.5, 0.6) is 0 Å². The molecule has 3 aromatic carbocycles. The first-order valence-corrected chi connectivity index (χ1v) is 12.4. The molecule has 0 bridgehead atoms. The Bertz CT molecular complexity index is 1620. The number of nitrogens with two attached hydrogens (primary N) is 1. The highest BCUT2D eigenvalue weighted by Crippen LogP contribution is 2.36. The third-order valence-electron chi connectivity index (χ3n) is 6.68. The molecule has 1 aliphatic rings. The summed E-state index contributed by atoms with van der Waals surface area (Å²) in [6.07, 6.45) is 1.17. The van der Waals surface area contributed by atoms with Gasteiger partial charge in [0, 0.05) is 35.5 Å². The zero-order valence-corrected chi connectivity index (χ0v) is 21.0. The zero-order chi connectivity index (χ0) is 28.4. The van der Waals surface area contributed by atoms with Crippen LogP contribution >= 0.6 is 0 Å². The van der Waals surface area contributed by atoms with Gasteiger partial charge in [-0.1, -0.05) is 18.2 Å². The molecule has 1 unspecified atom stereocenters. The van der Waals surface area contributed by atoms with Gasteiger partial charge in [0.05, 0.1) is 17.7 Å². The number of carbonyl (C=O) groups is 3. The fourth-order valence-electron chi connectivity index (χ4n) is 4.90. The summed E-state index contributed by atoms with van der Waals surface area (Å²) in [5.74, 6) is -4.65. The molecule has 40 heavy (non-hydrogen) atoms. The topological polar surface area (TPSA) is 114 Å². The molecule has 4 aromatic rings. The predicted octanol–water partition coefficient (Wildman–Crippen LogP) is 4.79. The number of anilines is 1. The van der Waals surface area contributed by atoms with Crippen LogP contribution in [0.2, 0.25) is 0 Å². The van der Waals surface area contributed by atoms with E-state index in [1.165, 1.54) is 24.4 Å². The lowest BCUT2D eigenvalue weighted by Crippen LogP contribution is -2.33. The van der Waals surface area contributed by atoms with Crippen molar-refractivity contribution in [2.45, 2.75) is 24.8 Å². The Hall–Kier alpha value is -4.99. The van der Waals surface area contributed by atoms with Crippen LogP contribution in [-0.4, -0.2) is 22.7 Å². The van der Waals surface area contributed by atoms with E-state index in [2.05, 4.69) is 15.6 Å². The fraction of sp³-hybridized carbons (Fsp3) is 0.133. The largest absolute Gasteiger partial charge is 0.366 e. The number of nitrogens with zero attached hydrogens (tertiary/aromatic N) is 1. The van der Waals surface area contributed by atoms with Crippen LogP contribution in [0.1, 0.15) is 45.6 Å². The highest BCUT2D eigenvalue weighted by Gasteiger charge is 2.33. The second-order valence-electron chi connectivity index (χ2n) is 9.46. The highest BCUT2D eigenvalue weighted by atomic mass is 19.1. The highest BCUT2D eigenvalue weighted by molar-refractivity contribution is 6.05. The zero-order valence-electron chi connectivity index (χ0n) is 21.0. The standard InChI is InChI=1S/C30H23F3N4O3/c31-19-6-7-25-23(14-19)24(30(40)37-25)15-27(38)36-26(11-16-9-20(32)13-21(33)10-16)28-22(5-2-8-35-28)17-3-1-4-18(12-17)29(34)39/h1-10,12-14,24,26H,11,15H2,(H2,34,39)(H,36,38)(H,37,40)/t24-,26?/m0/s1. The maximum atomic E-state index is 14.0. The number of rotatable bonds is 8. The van der Waals surface area contributed by atoms with E-state index < -0.39 is 47.1 Å². The third-order valence-corrected chi connectivity index (χ3v) is 6.68. The molecular weight excluding hydrogens is 521 g/mol. The van der Waals surface area contributed by atoms with Crippen LogP contribution in [0.4, 0.5) is 18.9 Å². The molecule has 1 aliphatic heterocycles. The summed E-state index contributed by atoms with van der Waals surface area (Å²) in [6.45, 7) is 0. The Morgan fingerprint density at radius 1 is 0.950 bits per heavy atom. The minimum atomic E-state index is -0.923. The van der Waals surface area contributed by atoms with Crippen molar-refractivity contribution in [1.82, 2.24) is 10.3 Å². The molecular formula is C30H23F3N4O3. The van der Waals surface area contributed by atoms with Crippen LogP contribution in [0.15, 0.2) is 79.0 Å². The van der Waals surface area contributed by atoms with Crippen LogP contribution in [0.3, 0.4) is 0 Å². The molecule has 1 aromatic heterocycles. The number of carbonyl (C=O) groups excluding carboxylic acids is 3. The number of fused-ring (bicyclic) bond motifs is 1. The van der Waals surface area contributed by atoms with Gasteiger partial charge in [-0.3, -0.25) is 19.4 Å². The van der Waals surface area contributed by atoms with Crippen LogP contribution in [0, 0.1) is 17.5 Å². The van der Waals surface area contributed by atoms with Crippen LogP contribution in [0.25, 0.3) is 11.1 Å². The van der Waals surface area contributed by atoms with Gasteiger partial charge in [0.2, 0.25) is 17.7 Å². The Kier molecular flexibility index (Phi) is 7.33. The van der Waals surface area contributed by atoms with Crippen LogP contribution in [-0.2, 0) is 16.0 Å². The smallest absolute Gasteiger partial charge is 0.248 e. The summed E-state index contributed by atoms with van der Waals surface area (Å²) in [5.41, 5.74) is 8.27. The molecule has 0 saturated heterocycles. The van der Waals surface area contributed by atoms with E-state index in [1.54, 1.807) is 36.4 Å². The van der Waals surface area contributed by atoms with E-state index in [0.29, 0.717) is 28.1 Å². The lowest BCUT2D eigenvalue weighted by Gasteiger charge is -2.22. The van der Waals surface area contributed by atoms with Gasteiger partial charge in [0.15, 0.2) is 0 Å². The van der Waals surface area contributed by atoms with E-state index >= 15 is 0 Å². The minimum absolute atomic E-state index is 0.0397. The van der Waals surface area contributed by atoms with E-state index in [4.69, 9.17) is 5.73 Å².